The summed E-state index contributed by atoms with van der Waals surface area (Å²) in [5, 5.41) is 10.2. The lowest BCUT2D eigenvalue weighted by Crippen LogP contribution is -2.41. The lowest BCUT2D eigenvalue weighted by atomic mass is 10.1. The second-order valence-corrected chi connectivity index (χ2v) is 7.23. The molecule has 1 aromatic carbocycles. The van der Waals surface area contributed by atoms with E-state index in [-0.39, 0.29) is 11.9 Å². The first-order valence-corrected chi connectivity index (χ1v) is 9.65. The number of pyridine rings is 1. The maximum absolute atomic E-state index is 13.5. The number of carbonyl (C=O) groups excluding carboxylic acids is 1. The van der Waals surface area contributed by atoms with E-state index in [9.17, 15) is 4.79 Å². The third-order valence-electron chi connectivity index (χ3n) is 5.04. The van der Waals surface area contributed by atoms with Gasteiger partial charge in [-0.1, -0.05) is 17.7 Å². The Balaban J connectivity index is 1.61. The molecule has 0 unspecified atom stereocenters. The van der Waals surface area contributed by atoms with Crippen molar-refractivity contribution in [2.75, 3.05) is 24.8 Å². The van der Waals surface area contributed by atoms with E-state index in [0.717, 1.165) is 16.9 Å². The number of rotatable bonds is 3. The molecule has 3 aromatic rings. The van der Waals surface area contributed by atoms with Gasteiger partial charge in [-0.15, -0.1) is 0 Å². The number of hydrogen-bond donors (Lipinski definition) is 0. The summed E-state index contributed by atoms with van der Waals surface area (Å²) in [4.78, 5) is 27.2. The molecule has 1 atom stereocenters. The predicted octanol–water partition coefficient (Wildman–Crippen LogP) is 2.56. The Hall–Kier alpha value is -3.26. The molecular formula is C21H24N6O2. The third kappa shape index (κ3) is 3.84. The maximum atomic E-state index is 13.5. The molecule has 1 aliphatic rings. The molecule has 8 heteroatoms. The standard InChI is InChI=1S/C21H24N6O2/c1-15-6-7-19(27-23-9-10-24-27)18(13-15)21(28)25-11-12-26(29-14-17(25)3)20-16(2)5-4-8-22-20/h4-10,13,17H,11-12,14H2,1-3H3/t17-/m1/s1. The van der Waals surface area contributed by atoms with Crippen molar-refractivity contribution in [3.8, 4) is 5.69 Å². The van der Waals surface area contributed by atoms with Crippen LogP contribution in [0.1, 0.15) is 28.4 Å². The van der Waals surface area contributed by atoms with Crippen LogP contribution in [0.25, 0.3) is 5.69 Å². The lowest BCUT2D eigenvalue weighted by molar-refractivity contribution is 0.0599. The number of aromatic nitrogens is 4. The first-order chi connectivity index (χ1) is 14.0. The number of carbonyl (C=O) groups is 1. The fraction of sp³-hybridized carbons (Fsp3) is 0.333. The highest BCUT2D eigenvalue weighted by Gasteiger charge is 2.29. The van der Waals surface area contributed by atoms with Gasteiger partial charge >= 0.3 is 0 Å². The van der Waals surface area contributed by atoms with Crippen molar-refractivity contribution >= 4 is 11.7 Å². The van der Waals surface area contributed by atoms with Gasteiger partial charge in [0.2, 0.25) is 0 Å². The van der Waals surface area contributed by atoms with Crippen LogP contribution < -0.4 is 5.06 Å². The fourth-order valence-electron chi connectivity index (χ4n) is 3.47. The molecule has 1 fully saturated rings. The van der Waals surface area contributed by atoms with Crippen molar-refractivity contribution in [3.63, 3.8) is 0 Å². The zero-order chi connectivity index (χ0) is 20.4. The van der Waals surface area contributed by atoms with Crippen molar-refractivity contribution in [1.29, 1.82) is 0 Å². The molecule has 1 saturated heterocycles. The van der Waals surface area contributed by atoms with Crippen LogP contribution in [-0.2, 0) is 4.84 Å². The summed E-state index contributed by atoms with van der Waals surface area (Å²) >= 11 is 0. The highest BCUT2D eigenvalue weighted by Crippen LogP contribution is 2.22. The molecule has 4 rings (SSSR count). The van der Waals surface area contributed by atoms with E-state index in [1.54, 1.807) is 23.7 Å². The minimum Gasteiger partial charge on any atom is -0.332 e. The van der Waals surface area contributed by atoms with Gasteiger partial charge in [0.05, 0.1) is 42.8 Å². The van der Waals surface area contributed by atoms with Gasteiger partial charge in [-0.25, -0.2) is 10.0 Å². The van der Waals surface area contributed by atoms with Crippen molar-refractivity contribution < 1.29 is 9.63 Å². The quantitative estimate of drug-likeness (QED) is 0.682. The van der Waals surface area contributed by atoms with Crippen molar-refractivity contribution in [2.45, 2.75) is 26.8 Å². The number of benzene rings is 1. The Bertz CT molecular complexity index is 1000. The molecule has 0 saturated carbocycles. The minimum absolute atomic E-state index is 0.0586. The highest BCUT2D eigenvalue weighted by molar-refractivity contribution is 5.98. The molecule has 2 aromatic heterocycles. The monoisotopic (exact) mass is 392 g/mol. The number of anilines is 1. The Morgan fingerprint density at radius 3 is 2.66 bits per heavy atom. The molecule has 0 spiro atoms. The molecule has 150 valence electrons. The van der Waals surface area contributed by atoms with Crippen molar-refractivity contribution in [2.24, 2.45) is 0 Å². The van der Waals surface area contributed by atoms with Gasteiger partial charge in [0.15, 0.2) is 5.82 Å². The number of nitrogens with zero attached hydrogens (tertiary/aromatic N) is 6. The normalized spacial score (nSPS) is 17.3. The van der Waals surface area contributed by atoms with Crippen LogP contribution >= 0.6 is 0 Å². The first-order valence-electron chi connectivity index (χ1n) is 9.65. The summed E-state index contributed by atoms with van der Waals surface area (Å²) in [6.45, 7) is 7.42. The topological polar surface area (TPSA) is 76.4 Å². The summed E-state index contributed by atoms with van der Waals surface area (Å²) in [6.07, 6.45) is 4.95. The van der Waals surface area contributed by atoms with E-state index in [4.69, 9.17) is 4.84 Å². The van der Waals surface area contributed by atoms with Gasteiger partial charge < -0.3 is 4.90 Å². The number of hydrogen-bond acceptors (Lipinski definition) is 6. The zero-order valence-electron chi connectivity index (χ0n) is 16.8. The molecule has 0 aliphatic carbocycles. The Kier molecular flexibility index (Phi) is 5.26. The van der Waals surface area contributed by atoms with Gasteiger partial charge in [-0.3, -0.25) is 9.63 Å². The number of hydroxylamine groups is 1. The fourth-order valence-corrected chi connectivity index (χ4v) is 3.47. The second-order valence-electron chi connectivity index (χ2n) is 7.23. The van der Waals surface area contributed by atoms with Crippen LogP contribution in [0.4, 0.5) is 5.82 Å². The van der Waals surface area contributed by atoms with Crippen LogP contribution in [0.3, 0.4) is 0 Å². The van der Waals surface area contributed by atoms with E-state index in [0.29, 0.717) is 30.9 Å². The molecule has 8 nitrogen and oxygen atoms in total. The number of amides is 1. The van der Waals surface area contributed by atoms with E-state index in [1.165, 1.54) is 4.80 Å². The van der Waals surface area contributed by atoms with Gasteiger partial charge in [-0.05, 0) is 44.5 Å². The number of aryl methyl sites for hydroxylation is 2. The highest BCUT2D eigenvalue weighted by atomic mass is 16.7. The van der Waals surface area contributed by atoms with E-state index in [1.807, 2.05) is 56.0 Å². The second kappa shape index (κ2) is 8.00. The Morgan fingerprint density at radius 1 is 1.10 bits per heavy atom. The summed E-state index contributed by atoms with van der Waals surface area (Å²) < 4.78 is 0. The SMILES string of the molecule is Cc1ccc(-n2nccn2)c(C(=O)N2CCN(c3ncccc3C)OC[C@H]2C)c1. The van der Waals surface area contributed by atoms with Crippen molar-refractivity contribution in [3.05, 3.63) is 65.6 Å². The molecular weight excluding hydrogens is 368 g/mol. The van der Waals surface area contributed by atoms with E-state index < -0.39 is 0 Å². The summed E-state index contributed by atoms with van der Waals surface area (Å²) in [5.41, 5.74) is 3.29. The Morgan fingerprint density at radius 2 is 1.90 bits per heavy atom. The molecule has 0 bridgehead atoms. The summed E-state index contributed by atoms with van der Waals surface area (Å²) in [7, 11) is 0. The predicted molar refractivity (Wildman–Crippen MR) is 109 cm³/mol. The zero-order valence-corrected chi connectivity index (χ0v) is 16.8. The molecule has 29 heavy (non-hydrogen) atoms. The van der Waals surface area contributed by atoms with Crippen molar-refractivity contribution in [1.82, 2.24) is 24.9 Å². The first kappa shape index (κ1) is 19.1. The average Bonchev–Trinajstić information content (AvgIpc) is 3.18. The lowest BCUT2D eigenvalue weighted by Gasteiger charge is -2.26. The molecule has 0 N–H and O–H groups in total. The molecule has 1 amide bonds. The largest absolute Gasteiger partial charge is 0.332 e. The van der Waals surface area contributed by atoms with Gasteiger partial charge in [0.1, 0.15) is 0 Å². The smallest absolute Gasteiger partial charge is 0.256 e. The van der Waals surface area contributed by atoms with Gasteiger partial charge in [0, 0.05) is 12.7 Å². The van der Waals surface area contributed by atoms with Crippen LogP contribution in [-0.4, -0.2) is 56.5 Å². The summed E-state index contributed by atoms with van der Waals surface area (Å²) in [5.74, 6) is 0.725. The Labute approximate surface area is 169 Å². The van der Waals surface area contributed by atoms with Gasteiger partial charge in [0.25, 0.3) is 5.91 Å². The van der Waals surface area contributed by atoms with E-state index >= 15 is 0 Å². The average molecular weight is 392 g/mol. The van der Waals surface area contributed by atoms with Crippen LogP contribution in [0.2, 0.25) is 0 Å². The van der Waals surface area contributed by atoms with E-state index in [2.05, 4.69) is 15.2 Å². The van der Waals surface area contributed by atoms with Crippen LogP contribution in [0.5, 0.6) is 0 Å². The maximum Gasteiger partial charge on any atom is 0.256 e. The molecule has 0 radical (unpaired) electrons. The minimum atomic E-state index is -0.0875. The summed E-state index contributed by atoms with van der Waals surface area (Å²) in [6, 6.07) is 9.54. The van der Waals surface area contributed by atoms with Crippen LogP contribution in [0.15, 0.2) is 48.9 Å². The third-order valence-corrected chi connectivity index (χ3v) is 5.04. The van der Waals surface area contributed by atoms with Gasteiger partial charge in [-0.2, -0.15) is 15.0 Å². The van der Waals surface area contributed by atoms with Crippen LogP contribution in [0, 0.1) is 13.8 Å². The molecule has 1 aliphatic heterocycles. The molecule has 3 heterocycles.